The quantitative estimate of drug-likeness (QED) is 0.0625. The summed E-state index contributed by atoms with van der Waals surface area (Å²) in [6, 6.07) is 40.4. The molecule has 0 fully saturated rings. The van der Waals surface area contributed by atoms with Gasteiger partial charge in [-0.3, -0.25) is 0 Å². The van der Waals surface area contributed by atoms with Crippen molar-refractivity contribution in [2.75, 3.05) is 26.4 Å². The van der Waals surface area contributed by atoms with Crippen molar-refractivity contribution in [3.8, 4) is 0 Å². The molecule has 54 heavy (non-hydrogen) atoms. The smallest absolute Gasteiger partial charge is 0.100 e. The Bertz CT molecular complexity index is 1450. The lowest BCUT2D eigenvalue weighted by Gasteiger charge is -2.38. The largest absolute Gasteiger partial charge is 0.376 e. The third-order valence-corrected chi connectivity index (χ3v) is 20.4. The minimum absolute atomic E-state index is 0.103. The molecule has 0 radical (unpaired) electrons. The summed E-state index contributed by atoms with van der Waals surface area (Å²) in [5, 5.41) is 0. The lowest BCUT2D eigenvalue weighted by Crippen LogP contribution is -2.31. The maximum atomic E-state index is 15.4. The Kier molecular flexibility index (Phi) is 18.4. The number of ether oxygens (including phenoxy) is 4. The van der Waals surface area contributed by atoms with E-state index in [0.29, 0.717) is 65.7 Å². The van der Waals surface area contributed by atoms with Gasteiger partial charge in [-0.2, -0.15) is 0 Å². The second-order valence-electron chi connectivity index (χ2n) is 15.2. The molecule has 0 aliphatic rings. The van der Waals surface area contributed by atoms with Crippen molar-refractivity contribution in [2.24, 2.45) is 0 Å². The molecule has 0 N–H and O–H groups in total. The van der Waals surface area contributed by atoms with Gasteiger partial charge in [0.25, 0.3) is 0 Å². The Labute approximate surface area is 326 Å². The van der Waals surface area contributed by atoms with Crippen molar-refractivity contribution in [1.82, 2.24) is 0 Å². The van der Waals surface area contributed by atoms with Crippen LogP contribution in [0.1, 0.15) is 76.6 Å². The SMILES string of the molecule is C[C@H](CC[C@@H](C)P(=O)([C@H](C)COCc1ccccc1)[C@H](C)COCc1ccccc1)P(=O)([C@H](C)COCc1ccccc1)[C@H](C)COCc1ccccc1. The standard InChI is InChI=1S/C46H64O6P2/c1-37(53(47,39(3)29-49-33-43-19-11-7-12-20-43)40(4)30-50-34-44-21-13-8-14-22-44)27-28-38(2)54(48,41(5)31-51-35-45-23-15-9-16-24-45)42(6)32-52-36-46-25-17-10-18-26-46/h7-26,37-42H,27-36H2,1-6H3/t37-,38-,39-,40-,41-,42-/m1/s1. The van der Waals surface area contributed by atoms with Gasteiger partial charge in [0.15, 0.2) is 0 Å². The normalized spacial score (nSPS) is 15.6. The summed E-state index contributed by atoms with van der Waals surface area (Å²) in [5.41, 5.74) is 3.53. The van der Waals surface area contributed by atoms with E-state index in [4.69, 9.17) is 18.9 Å². The second kappa shape index (κ2) is 22.7. The van der Waals surface area contributed by atoms with Crippen LogP contribution in [0.3, 0.4) is 0 Å². The molecule has 4 aromatic carbocycles. The monoisotopic (exact) mass is 774 g/mol. The first kappa shape index (κ1) is 43.9. The molecule has 6 atom stereocenters. The molecule has 0 unspecified atom stereocenters. The van der Waals surface area contributed by atoms with Crippen LogP contribution >= 0.6 is 14.3 Å². The summed E-state index contributed by atoms with van der Waals surface area (Å²) in [4.78, 5) is 0. The Morgan fingerprint density at radius 2 is 0.556 bits per heavy atom. The topological polar surface area (TPSA) is 71.1 Å². The van der Waals surface area contributed by atoms with Gasteiger partial charge in [-0.25, -0.2) is 0 Å². The average molecular weight is 775 g/mol. The molecule has 0 spiro atoms. The second-order valence-corrected chi connectivity index (χ2v) is 23.5. The maximum absolute atomic E-state index is 15.4. The summed E-state index contributed by atoms with van der Waals surface area (Å²) < 4.78 is 55.6. The Morgan fingerprint density at radius 3 is 0.759 bits per heavy atom. The highest BCUT2D eigenvalue weighted by atomic mass is 31.2. The van der Waals surface area contributed by atoms with Gasteiger partial charge in [0.2, 0.25) is 0 Å². The molecule has 0 saturated heterocycles. The van der Waals surface area contributed by atoms with Crippen LogP contribution in [0.25, 0.3) is 0 Å². The van der Waals surface area contributed by atoms with E-state index in [1.807, 2.05) is 121 Å². The highest BCUT2D eigenvalue weighted by Gasteiger charge is 2.44. The summed E-state index contributed by atoms with van der Waals surface area (Å²) in [5.74, 6) is 0. The van der Waals surface area contributed by atoms with Crippen LogP contribution in [-0.2, 0) is 54.5 Å². The molecule has 4 aromatic rings. The minimum Gasteiger partial charge on any atom is -0.376 e. The fraction of sp³-hybridized carbons (Fsp3) is 0.478. The van der Waals surface area contributed by atoms with E-state index in [1.165, 1.54) is 0 Å². The Morgan fingerprint density at radius 1 is 0.352 bits per heavy atom. The molecule has 0 aromatic heterocycles. The summed E-state index contributed by atoms with van der Waals surface area (Å²) in [7, 11) is -5.77. The summed E-state index contributed by atoms with van der Waals surface area (Å²) in [6.45, 7) is 16.1. The van der Waals surface area contributed by atoms with Gasteiger partial charge in [-0.05, 0) is 35.1 Å². The van der Waals surface area contributed by atoms with Crippen LogP contribution in [-0.4, -0.2) is 60.4 Å². The zero-order valence-corrected chi connectivity index (χ0v) is 35.2. The maximum Gasteiger partial charge on any atom is 0.100 e. The fourth-order valence-electron chi connectivity index (χ4n) is 7.64. The number of hydrogen-bond acceptors (Lipinski definition) is 6. The fourth-order valence-corrected chi connectivity index (χ4v) is 15.3. The first-order valence-corrected chi connectivity index (χ1v) is 23.5. The van der Waals surface area contributed by atoms with E-state index in [2.05, 4.69) is 41.5 Å². The van der Waals surface area contributed by atoms with Gasteiger partial charge in [-0.15, -0.1) is 0 Å². The van der Waals surface area contributed by atoms with Gasteiger partial charge in [0.05, 0.1) is 52.9 Å². The predicted molar refractivity (Wildman–Crippen MR) is 226 cm³/mol. The van der Waals surface area contributed by atoms with Crippen molar-refractivity contribution in [2.45, 2.75) is 115 Å². The molecule has 0 amide bonds. The van der Waals surface area contributed by atoms with Crippen LogP contribution in [0.4, 0.5) is 0 Å². The Balaban J connectivity index is 1.46. The van der Waals surface area contributed by atoms with Gasteiger partial charge in [0, 0.05) is 34.0 Å². The zero-order chi connectivity index (χ0) is 38.8. The summed E-state index contributed by atoms with van der Waals surface area (Å²) >= 11 is 0. The van der Waals surface area contributed by atoms with Gasteiger partial charge in [0.1, 0.15) is 14.3 Å². The van der Waals surface area contributed by atoms with Crippen LogP contribution < -0.4 is 0 Å². The van der Waals surface area contributed by atoms with Gasteiger partial charge < -0.3 is 28.1 Å². The molecule has 294 valence electrons. The van der Waals surface area contributed by atoms with Crippen molar-refractivity contribution in [3.63, 3.8) is 0 Å². The first-order chi connectivity index (χ1) is 26.0. The van der Waals surface area contributed by atoms with Crippen molar-refractivity contribution in [3.05, 3.63) is 144 Å². The molecular weight excluding hydrogens is 710 g/mol. The molecule has 4 rings (SSSR count). The third-order valence-electron chi connectivity index (χ3n) is 11.0. The number of hydrogen-bond donors (Lipinski definition) is 0. The molecule has 0 aliphatic carbocycles. The van der Waals surface area contributed by atoms with Crippen LogP contribution in [0.5, 0.6) is 0 Å². The van der Waals surface area contributed by atoms with Crippen LogP contribution in [0, 0.1) is 0 Å². The average Bonchev–Trinajstić information content (AvgIpc) is 3.20. The number of rotatable bonds is 25. The van der Waals surface area contributed by atoms with Crippen molar-refractivity contribution in [1.29, 1.82) is 0 Å². The Hall–Kier alpha value is -2.82. The predicted octanol–water partition coefficient (Wildman–Crippen LogP) is 11.7. The highest BCUT2D eigenvalue weighted by Crippen LogP contribution is 2.64. The van der Waals surface area contributed by atoms with Crippen molar-refractivity contribution >= 4 is 14.3 Å². The van der Waals surface area contributed by atoms with E-state index < -0.39 is 14.3 Å². The number of benzene rings is 4. The third kappa shape index (κ3) is 12.9. The minimum atomic E-state index is -2.88. The molecular formula is C46H64O6P2. The van der Waals surface area contributed by atoms with Gasteiger partial charge in [-0.1, -0.05) is 163 Å². The van der Waals surface area contributed by atoms with E-state index in [-0.39, 0.29) is 34.0 Å². The van der Waals surface area contributed by atoms with E-state index in [0.717, 1.165) is 22.3 Å². The first-order valence-electron chi connectivity index (χ1n) is 19.7. The van der Waals surface area contributed by atoms with Crippen LogP contribution in [0.15, 0.2) is 121 Å². The lowest BCUT2D eigenvalue weighted by atomic mass is 10.2. The molecule has 8 heteroatoms. The van der Waals surface area contributed by atoms with E-state index in [9.17, 15) is 0 Å². The zero-order valence-electron chi connectivity index (χ0n) is 33.4. The van der Waals surface area contributed by atoms with Crippen molar-refractivity contribution < 1.29 is 28.1 Å². The lowest BCUT2D eigenvalue weighted by molar-refractivity contribution is 0.115. The molecule has 0 heterocycles. The van der Waals surface area contributed by atoms with Crippen LogP contribution in [0.2, 0.25) is 0 Å². The molecule has 6 nitrogen and oxygen atoms in total. The molecule has 0 bridgehead atoms. The molecule has 0 aliphatic heterocycles. The highest BCUT2D eigenvalue weighted by molar-refractivity contribution is 7.66. The summed E-state index contributed by atoms with van der Waals surface area (Å²) in [6.07, 6.45) is 1.40. The van der Waals surface area contributed by atoms with Gasteiger partial charge >= 0.3 is 0 Å². The van der Waals surface area contributed by atoms with E-state index >= 15 is 9.13 Å². The molecule has 0 saturated carbocycles. The van der Waals surface area contributed by atoms with E-state index in [1.54, 1.807) is 0 Å².